The maximum atomic E-state index is 13.9. The third kappa shape index (κ3) is 19.3. The summed E-state index contributed by atoms with van der Waals surface area (Å²) in [6.45, 7) is 2.62. The number of anilines is 1. The van der Waals surface area contributed by atoms with Crippen LogP contribution in [-0.2, 0) is 48.3 Å². The number of fused-ring (bicyclic) bond motifs is 1. The molecule has 0 radical (unpaired) electrons. The van der Waals surface area contributed by atoms with E-state index in [-0.39, 0.29) is 68.5 Å². The van der Waals surface area contributed by atoms with Crippen LogP contribution in [0.25, 0.3) is 33.2 Å². The van der Waals surface area contributed by atoms with E-state index in [0.717, 1.165) is 55.6 Å². The minimum absolute atomic E-state index is 0.0633. The smallest absolute Gasteiger partial charge is 0.407 e. The van der Waals surface area contributed by atoms with Crippen molar-refractivity contribution in [3.63, 3.8) is 0 Å². The fourth-order valence-corrected chi connectivity index (χ4v) is 10.9. The van der Waals surface area contributed by atoms with Crippen LogP contribution in [0, 0.1) is 18.3 Å². The number of ether oxygens (including phenoxy) is 2. The van der Waals surface area contributed by atoms with Crippen LogP contribution in [0.15, 0.2) is 104 Å². The number of carbonyl (C=O) groups is 7. The highest BCUT2D eigenvalue weighted by molar-refractivity contribution is 8.76. The van der Waals surface area contributed by atoms with Crippen LogP contribution in [0.3, 0.4) is 0 Å². The van der Waals surface area contributed by atoms with E-state index in [1.807, 2.05) is 61.5 Å². The molecule has 2 unspecified atom stereocenters. The minimum atomic E-state index is -3.22. The molecule has 22 nitrogen and oxygen atoms in total. The van der Waals surface area contributed by atoms with Crippen molar-refractivity contribution in [1.29, 1.82) is 5.26 Å². The summed E-state index contributed by atoms with van der Waals surface area (Å²) in [5.41, 5.74) is 13.9. The van der Waals surface area contributed by atoms with Gasteiger partial charge in [-0.3, -0.25) is 43.7 Å². The van der Waals surface area contributed by atoms with E-state index in [1.54, 1.807) is 36.8 Å². The van der Waals surface area contributed by atoms with Crippen molar-refractivity contribution in [3.05, 3.63) is 132 Å². The second-order valence-corrected chi connectivity index (χ2v) is 22.5. The molecule has 446 valence electrons. The lowest BCUT2D eigenvalue weighted by molar-refractivity contribution is -0.134. The Morgan fingerprint density at radius 3 is 2.28 bits per heavy atom. The molecule has 0 aliphatic carbocycles. The van der Waals surface area contributed by atoms with E-state index in [2.05, 4.69) is 51.8 Å². The van der Waals surface area contributed by atoms with Crippen LogP contribution in [0.5, 0.6) is 5.88 Å². The van der Waals surface area contributed by atoms with Crippen molar-refractivity contribution in [3.8, 4) is 34.2 Å². The first-order valence-electron chi connectivity index (χ1n) is 27.2. The van der Waals surface area contributed by atoms with Gasteiger partial charge in [0.2, 0.25) is 35.4 Å². The summed E-state index contributed by atoms with van der Waals surface area (Å²) < 4.78 is 38.5. The summed E-state index contributed by atoms with van der Waals surface area (Å²) in [7, 11) is 4.12. The summed E-state index contributed by atoms with van der Waals surface area (Å²) in [6, 6.07) is 22.2. The van der Waals surface area contributed by atoms with Crippen molar-refractivity contribution < 1.29 is 51.8 Å². The zero-order valence-corrected chi connectivity index (χ0v) is 48.6. The van der Waals surface area contributed by atoms with Gasteiger partial charge in [0.15, 0.2) is 0 Å². The van der Waals surface area contributed by atoms with Crippen molar-refractivity contribution in [2.75, 3.05) is 50.5 Å². The average Bonchev–Trinajstić information content (AvgIpc) is 3.85. The number of nitrogens with zero attached hydrogens (tertiary/aromatic N) is 6. The van der Waals surface area contributed by atoms with Gasteiger partial charge in [-0.15, -0.1) is 0 Å². The lowest BCUT2D eigenvalue weighted by atomic mass is 9.98. The standard InChI is InChI=1S/C59H65F2N13O9S2/c1-36-7-9-38(10-8-36)5-4-6-51(75)66-21-22-67-55(79)50(73-53(77)16-15-52(76)70-32-44-25-40(17-19-64-44)54(78)72-37(2)57(80)74-35-59(60,61)28-45(74)29-62)34-85-84-24-23-68-58(81)83-33-43-13-11-41(30-69-43)46-18-20-65-49-14-12-39(26-47(46)49)42-27-48(63)56(82-3)71-31-42/h7-14,17-20,25-27,30-31,37,45,50H,4-6,15-16,21-24,28,32-35,63H2,1-3H3,(H,66,75)(H,67,79)(H,68,81)(H,70,76)(H,72,78)(H,73,77)/t37?,45-,50?/m0/s1. The number of carbonyl (C=O) groups excluding carboxylic acids is 7. The number of alkyl halides is 2. The van der Waals surface area contributed by atoms with Gasteiger partial charge < -0.3 is 52.0 Å². The number of nitrogens with one attached hydrogen (secondary N) is 6. The number of hydrogen-bond acceptors (Lipinski definition) is 17. The van der Waals surface area contributed by atoms with E-state index in [1.165, 1.54) is 54.0 Å². The quantitative estimate of drug-likeness (QED) is 0.0220. The summed E-state index contributed by atoms with van der Waals surface area (Å²) >= 11 is 0. The van der Waals surface area contributed by atoms with Gasteiger partial charge in [-0.05, 0) is 85.8 Å². The molecular formula is C59H65F2N13O9S2. The molecule has 26 heteroatoms. The van der Waals surface area contributed by atoms with Gasteiger partial charge in [-0.2, -0.15) is 5.26 Å². The number of nitrogens with two attached hydrogens (primary N) is 1. The maximum Gasteiger partial charge on any atom is 0.407 e. The van der Waals surface area contributed by atoms with Crippen molar-refractivity contribution >= 4 is 79.7 Å². The zero-order valence-electron chi connectivity index (χ0n) is 47.0. The average molecular weight is 1200 g/mol. The van der Waals surface area contributed by atoms with Crippen LogP contribution in [0.2, 0.25) is 0 Å². The zero-order chi connectivity index (χ0) is 60.9. The second kappa shape index (κ2) is 31.1. The highest BCUT2D eigenvalue weighted by Crippen LogP contribution is 2.34. The highest BCUT2D eigenvalue weighted by Gasteiger charge is 2.48. The predicted octanol–water partition coefficient (Wildman–Crippen LogP) is 5.98. The molecular weight excluding hydrogens is 1140 g/mol. The molecule has 5 heterocycles. The van der Waals surface area contributed by atoms with Crippen LogP contribution in [-0.4, -0.2) is 135 Å². The summed E-state index contributed by atoms with van der Waals surface area (Å²) in [5.74, 6) is -5.73. The van der Waals surface area contributed by atoms with Gasteiger partial charge in [-0.25, -0.2) is 18.6 Å². The SMILES string of the molecule is COc1ncc(-c2ccc3nccc(-c4ccc(COC(=O)NCCSSCC(NC(=O)CCC(=O)NCc5cc(C(=O)NC(C)C(=O)N6CC(F)(F)C[C@H]6C#N)ccn5)C(=O)NCCNC(=O)CCCc5ccc(C)cc5)nc4)c3c2)cc1N. The molecule has 0 saturated carbocycles. The molecule has 3 atom stereocenters. The number of likely N-dealkylation sites (tertiary alicyclic amines) is 1. The Hall–Kier alpha value is -8.96. The predicted molar refractivity (Wildman–Crippen MR) is 317 cm³/mol. The number of aromatic nitrogens is 4. The Morgan fingerprint density at radius 2 is 1.53 bits per heavy atom. The van der Waals surface area contributed by atoms with E-state index < -0.39 is 72.6 Å². The molecule has 0 bridgehead atoms. The highest BCUT2D eigenvalue weighted by atomic mass is 33.1. The number of aryl methyl sites for hydroxylation is 2. The summed E-state index contributed by atoms with van der Waals surface area (Å²) in [6.07, 6.45) is 6.10. The number of nitriles is 1. The number of pyridine rings is 4. The number of amides is 7. The summed E-state index contributed by atoms with van der Waals surface area (Å²) in [5, 5.41) is 26.2. The molecule has 0 spiro atoms. The number of methoxy groups -OCH3 is 1. The molecule has 1 aliphatic rings. The summed E-state index contributed by atoms with van der Waals surface area (Å²) in [4.78, 5) is 109. The Kier molecular flexibility index (Phi) is 23.3. The van der Waals surface area contributed by atoms with E-state index in [4.69, 9.17) is 15.2 Å². The number of halogens is 2. The molecule has 85 heavy (non-hydrogen) atoms. The number of benzene rings is 2. The first-order chi connectivity index (χ1) is 40.9. The first-order valence-corrected chi connectivity index (χ1v) is 29.7. The largest absolute Gasteiger partial charge is 0.480 e. The fraction of sp³-hybridized carbons (Fsp3) is 0.356. The number of rotatable bonds is 28. The Balaban J connectivity index is 0.840. The molecule has 4 aromatic heterocycles. The maximum absolute atomic E-state index is 13.9. The van der Waals surface area contributed by atoms with E-state index in [9.17, 15) is 47.6 Å². The van der Waals surface area contributed by atoms with Gasteiger partial charge in [-0.1, -0.05) is 63.5 Å². The number of alkyl carbamates (subject to hydrolysis) is 1. The van der Waals surface area contributed by atoms with Crippen LogP contribution < -0.4 is 42.4 Å². The Morgan fingerprint density at radius 1 is 0.788 bits per heavy atom. The lowest BCUT2D eigenvalue weighted by Gasteiger charge is -2.23. The number of nitrogen functional groups attached to an aromatic ring is 1. The molecule has 2 aromatic carbocycles. The van der Waals surface area contributed by atoms with E-state index in [0.29, 0.717) is 35.9 Å². The normalized spacial score (nSPS) is 14.0. The molecule has 8 N–H and O–H groups in total. The molecule has 7 amide bonds. The molecule has 6 aromatic rings. The lowest BCUT2D eigenvalue weighted by Crippen LogP contribution is -2.49. The van der Waals surface area contributed by atoms with Crippen LogP contribution in [0.1, 0.15) is 71.9 Å². The third-order valence-electron chi connectivity index (χ3n) is 13.3. The topological polar surface area (TPSA) is 315 Å². The monoisotopic (exact) mass is 1200 g/mol. The van der Waals surface area contributed by atoms with Crippen molar-refractivity contribution in [2.24, 2.45) is 0 Å². The molecule has 7 rings (SSSR count). The van der Waals surface area contributed by atoms with Gasteiger partial charge in [0.05, 0.1) is 48.9 Å². The minimum Gasteiger partial charge on any atom is -0.480 e. The van der Waals surface area contributed by atoms with Gasteiger partial charge >= 0.3 is 6.09 Å². The third-order valence-corrected chi connectivity index (χ3v) is 15.8. The Bertz CT molecular complexity index is 3390. The molecule has 1 saturated heterocycles. The first kappa shape index (κ1) is 63.6. The van der Waals surface area contributed by atoms with Gasteiger partial charge in [0, 0.05) is 104 Å². The second-order valence-electron chi connectivity index (χ2n) is 19.8. The van der Waals surface area contributed by atoms with Gasteiger partial charge in [0.25, 0.3) is 11.8 Å². The fourth-order valence-electron chi connectivity index (χ4n) is 8.84. The van der Waals surface area contributed by atoms with E-state index >= 15 is 0 Å². The van der Waals surface area contributed by atoms with Crippen molar-refractivity contribution in [2.45, 2.75) is 89.6 Å². The van der Waals surface area contributed by atoms with Crippen molar-refractivity contribution in [1.82, 2.24) is 56.7 Å². The van der Waals surface area contributed by atoms with Crippen LogP contribution >= 0.6 is 21.6 Å². The molecule has 1 fully saturated rings. The molecule has 1 aliphatic heterocycles. The van der Waals surface area contributed by atoms with Crippen LogP contribution in [0.4, 0.5) is 19.3 Å². The van der Waals surface area contributed by atoms with Gasteiger partial charge in [0.1, 0.15) is 24.7 Å². The number of hydrogen-bond donors (Lipinski definition) is 7. The Labute approximate surface area is 497 Å².